The quantitative estimate of drug-likeness (QED) is 0.433. The molecule has 0 aliphatic carbocycles. The average molecular weight is 284 g/mol. The Morgan fingerprint density at radius 2 is 1.95 bits per heavy atom. The molecular weight excluding hydrogens is 268 g/mol. The number of hydrogen-bond donors (Lipinski definition) is 2. The number of carboxylic acids is 1. The molecule has 0 fully saturated rings. The lowest BCUT2D eigenvalue weighted by Crippen LogP contribution is -2.24. The lowest BCUT2D eigenvalue weighted by Gasteiger charge is -2.16. The van der Waals surface area contributed by atoms with Gasteiger partial charge in [-0.1, -0.05) is 30.3 Å². The fraction of sp³-hybridized carbons (Fsp3) is 0.385. The highest BCUT2D eigenvalue weighted by Gasteiger charge is 2.18. The van der Waals surface area contributed by atoms with Crippen LogP contribution in [0.5, 0.6) is 0 Å². The minimum Gasteiger partial charge on any atom is -0.481 e. The van der Waals surface area contributed by atoms with E-state index in [1.807, 2.05) is 30.3 Å². The molecule has 0 unspecified atom stereocenters. The molecule has 104 valence electrons. The Morgan fingerprint density at radius 1 is 1.26 bits per heavy atom. The standard InChI is InChI=1S/C13H16O5S/c14-11(15)8-13(18-12(16)6-7-19)17-9-10-4-2-1-3-5-10/h1-5,13,19H,6-9H2,(H,14,15)/t13-/m0/s1. The maximum absolute atomic E-state index is 11.3. The van der Waals surface area contributed by atoms with Crippen LogP contribution < -0.4 is 0 Å². The van der Waals surface area contributed by atoms with Crippen molar-refractivity contribution in [3.63, 3.8) is 0 Å². The number of benzene rings is 1. The van der Waals surface area contributed by atoms with Crippen molar-refractivity contribution in [2.24, 2.45) is 0 Å². The van der Waals surface area contributed by atoms with Crippen LogP contribution in [0.15, 0.2) is 30.3 Å². The van der Waals surface area contributed by atoms with Gasteiger partial charge in [0.15, 0.2) is 0 Å². The summed E-state index contributed by atoms with van der Waals surface area (Å²) in [6.45, 7) is 0.187. The predicted molar refractivity (Wildman–Crippen MR) is 71.8 cm³/mol. The Balaban J connectivity index is 2.49. The fourth-order valence-electron chi connectivity index (χ4n) is 1.34. The summed E-state index contributed by atoms with van der Waals surface area (Å²) in [5, 5.41) is 8.74. The third kappa shape index (κ3) is 6.83. The molecule has 1 rings (SSSR count). The summed E-state index contributed by atoms with van der Waals surface area (Å²) in [4.78, 5) is 22.0. The van der Waals surface area contributed by atoms with Crippen molar-refractivity contribution >= 4 is 24.6 Å². The average Bonchev–Trinajstić information content (AvgIpc) is 2.37. The maximum Gasteiger partial charge on any atom is 0.309 e. The number of ether oxygens (including phenoxy) is 2. The van der Waals surface area contributed by atoms with E-state index in [-0.39, 0.29) is 19.4 Å². The number of carboxylic acid groups (broad SMARTS) is 1. The molecule has 0 aromatic heterocycles. The first-order chi connectivity index (χ1) is 9.11. The molecule has 0 saturated heterocycles. The number of aliphatic carboxylic acids is 1. The van der Waals surface area contributed by atoms with Gasteiger partial charge in [0, 0.05) is 5.75 Å². The van der Waals surface area contributed by atoms with E-state index in [2.05, 4.69) is 12.6 Å². The van der Waals surface area contributed by atoms with Crippen molar-refractivity contribution in [1.29, 1.82) is 0 Å². The van der Waals surface area contributed by atoms with Crippen molar-refractivity contribution in [2.45, 2.75) is 25.7 Å². The molecule has 0 amide bonds. The van der Waals surface area contributed by atoms with Crippen LogP contribution in [0.1, 0.15) is 18.4 Å². The monoisotopic (exact) mass is 284 g/mol. The van der Waals surface area contributed by atoms with Crippen molar-refractivity contribution < 1.29 is 24.2 Å². The molecule has 0 aliphatic heterocycles. The summed E-state index contributed by atoms with van der Waals surface area (Å²) < 4.78 is 10.2. The molecule has 1 aromatic carbocycles. The molecule has 6 heteroatoms. The largest absolute Gasteiger partial charge is 0.481 e. The summed E-state index contributed by atoms with van der Waals surface area (Å²) in [6, 6.07) is 9.24. The van der Waals surface area contributed by atoms with Crippen LogP contribution in [0.4, 0.5) is 0 Å². The molecule has 1 N–H and O–H groups in total. The second-order valence-electron chi connectivity index (χ2n) is 3.79. The van der Waals surface area contributed by atoms with Crippen LogP contribution in [-0.4, -0.2) is 29.1 Å². The van der Waals surface area contributed by atoms with E-state index >= 15 is 0 Å². The predicted octanol–water partition coefficient (Wildman–Crippen LogP) is 1.87. The minimum atomic E-state index is -1.09. The zero-order valence-corrected chi connectivity index (χ0v) is 11.2. The van der Waals surface area contributed by atoms with Gasteiger partial charge in [-0.3, -0.25) is 9.59 Å². The summed E-state index contributed by atoms with van der Waals surface area (Å²) in [6.07, 6.45) is -1.34. The Kier molecular flexibility index (Phi) is 6.99. The van der Waals surface area contributed by atoms with Crippen molar-refractivity contribution in [2.75, 3.05) is 5.75 Å². The smallest absolute Gasteiger partial charge is 0.309 e. The van der Waals surface area contributed by atoms with Crippen molar-refractivity contribution in [3.8, 4) is 0 Å². The van der Waals surface area contributed by atoms with E-state index in [4.69, 9.17) is 14.6 Å². The van der Waals surface area contributed by atoms with Gasteiger partial charge in [-0.05, 0) is 5.56 Å². The first-order valence-electron chi connectivity index (χ1n) is 5.79. The van der Waals surface area contributed by atoms with Gasteiger partial charge in [0.1, 0.15) is 6.42 Å². The van der Waals surface area contributed by atoms with E-state index in [1.54, 1.807) is 0 Å². The Morgan fingerprint density at radius 3 is 2.53 bits per heavy atom. The lowest BCUT2D eigenvalue weighted by atomic mass is 10.2. The molecule has 0 aliphatic rings. The van der Waals surface area contributed by atoms with Crippen LogP contribution in [-0.2, 0) is 25.7 Å². The zero-order valence-electron chi connectivity index (χ0n) is 10.3. The summed E-state index contributed by atoms with van der Waals surface area (Å²) >= 11 is 3.90. The molecule has 1 aromatic rings. The SMILES string of the molecule is O=C(O)C[C@@H](OCc1ccccc1)OC(=O)CCS. The molecule has 0 bridgehead atoms. The highest BCUT2D eigenvalue weighted by molar-refractivity contribution is 7.80. The zero-order chi connectivity index (χ0) is 14.1. The maximum atomic E-state index is 11.3. The number of hydrogen-bond acceptors (Lipinski definition) is 5. The highest BCUT2D eigenvalue weighted by Crippen LogP contribution is 2.08. The lowest BCUT2D eigenvalue weighted by molar-refractivity contribution is -0.186. The third-order valence-corrected chi connectivity index (χ3v) is 2.42. The van der Waals surface area contributed by atoms with Gasteiger partial charge in [-0.25, -0.2) is 0 Å². The number of esters is 1. The van der Waals surface area contributed by atoms with Gasteiger partial charge < -0.3 is 14.6 Å². The highest BCUT2D eigenvalue weighted by atomic mass is 32.1. The second kappa shape index (κ2) is 8.55. The molecule has 0 radical (unpaired) electrons. The Labute approximate surface area is 116 Å². The van der Waals surface area contributed by atoms with Crippen molar-refractivity contribution in [1.82, 2.24) is 0 Å². The normalized spacial score (nSPS) is 11.8. The topological polar surface area (TPSA) is 72.8 Å². The number of thiol groups is 1. The number of rotatable bonds is 8. The van der Waals surface area contributed by atoms with Crippen LogP contribution >= 0.6 is 12.6 Å². The summed E-state index contributed by atoms with van der Waals surface area (Å²) in [5.41, 5.74) is 0.878. The summed E-state index contributed by atoms with van der Waals surface area (Å²) in [5.74, 6) is -1.26. The fourth-order valence-corrected chi connectivity index (χ4v) is 1.52. The van der Waals surface area contributed by atoms with Crippen LogP contribution in [0.2, 0.25) is 0 Å². The van der Waals surface area contributed by atoms with E-state index in [0.717, 1.165) is 5.56 Å². The number of carbonyl (C=O) groups excluding carboxylic acids is 1. The van der Waals surface area contributed by atoms with Crippen LogP contribution in [0.3, 0.4) is 0 Å². The third-order valence-electron chi connectivity index (χ3n) is 2.20. The molecule has 1 atom stereocenters. The molecule has 0 saturated carbocycles. The minimum absolute atomic E-state index is 0.119. The summed E-state index contributed by atoms with van der Waals surface area (Å²) in [7, 11) is 0. The van der Waals surface area contributed by atoms with Gasteiger partial charge in [0.2, 0.25) is 6.29 Å². The van der Waals surface area contributed by atoms with Crippen LogP contribution in [0.25, 0.3) is 0 Å². The van der Waals surface area contributed by atoms with Gasteiger partial charge in [-0.15, -0.1) is 0 Å². The Bertz CT molecular complexity index is 407. The number of carbonyl (C=O) groups is 2. The molecule has 0 heterocycles. The van der Waals surface area contributed by atoms with E-state index < -0.39 is 18.2 Å². The van der Waals surface area contributed by atoms with Gasteiger partial charge in [0.25, 0.3) is 0 Å². The van der Waals surface area contributed by atoms with Crippen molar-refractivity contribution in [3.05, 3.63) is 35.9 Å². The molecule has 0 spiro atoms. The first-order valence-corrected chi connectivity index (χ1v) is 6.42. The van der Waals surface area contributed by atoms with E-state index in [0.29, 0.717) is 5.75 Å². The van der Waals surface area contributed by atoms with E-state index in [9.17, 15) is 9.59 Å². The van der Waals surface area contributed by atoms with Gasteiger partial charge in [-0.2, -0.15) is 12.6 Å². The molecule has 5 nitrogen and oxygen atoms in total. The van der Waals surface area contributed by atoms with E-state index in [1.165, 1.54) is 0 Å². The first kappa shape index (κ1) is 15.5. The van der Waals surface area contributed by atoms with Gasteiger partial charge in [0.05, 0.1) is 13.0 Å². The molecular formula is C13H16O5S. The second-order valence-corrected chi connectivity index (χ2v) is 4.23. The molecule has 19 heavy (non-hydrogen) atoms. The Hall–Kier alpha value is -1.53. The van der Waals surface area contributed by atoms with Gasteiger partial charge >= 0.3 is 11.9 Å². The van der Waals surface area contributed by atoms with Crippen LogP contribution in [0, 0.1) is 0 Å².